The van der Waals surface area contributed by atoms with Crippen molar-refractivity contribution >= 4 is 32.3 Å². The van der Waals surface area contributed by atoms with Crippen molar-refractivity contribution in [2.75, 3.05) is 0 Å². The summed E-state index contributed by atoms with van der Waals surface area (Å²) in [7, 11) is -3.64. The van der Waals surface area contributed by atoms with E-state index in [1.54, 1.807) is 12.1 Å². The standard InChI is InChI=1S/C16H17N3O2S2/c1-10-7-8-13-5-4-6-15(16(13)18-10)23(20,21)17-9-14-11(2)19-12(3)22-14/h4-8,17H,9H2,1-3H3. The molecule has 120 valence electrons. The van der Waals surface area contributed by atoms with Gasteiger partial charge < -0.3 is 0 Å². The second-order valence-electron chi connectivity index (χ2n) is 5.35. The third-order valence-electron chi connectivity index (χ3n) is 3.53. The summed E-state index contributed by atoms with van der Waals surface area (Å²) < 4.78 is 28.0. The second kappa shape index (κ2) is 5.99. The molecule has 0 bridgehead atoms. The number of para-hydroxylation sites is 1. The highest BCUT2D eigenvalue weighted by molar-refractivity contribution is 7.89. The minimum Gasteiger partial charge on any atom is -0.252 e. The second-order valence-corrected chi connectivity index (χ2v) is 8.37. The van der Waals surface area contributed by atoms with Crippen LogP contribution in [0.4, 0.5) is 0 Å². The Morgan fingerprint density at radius 1 is 1.09 bits per heavy atom. The topological polar surface area (TPSA) is 72.0 Å². The van der Waals surface area contributed by atoms with Crippen LogP contribution < -0.4 is 4.72 Å². The molecule has 0 aliphatic rings. The van der Waals surface area contributed by atoms with Crippen LogP contribution in [0.5, 0.6) is 0 Å². The van der Waals surface area contributed by atoms with E-state index in [0.717, 1.165) is 26.7 Å². The number of nitrogens with one attached hydrogen (secondary N) is 1. The average molecular weight is 347 g/mol. The first kappa shape index (κ1) is 16.0. The zero-order chi connectivity index (χ0) is 16.6. The number of benzene rings is 1. The summed E-state index contributed by atoms with van der Waals surface area (Å²) >= 11 is 1.50. The molecule has 0 aliphatic heterocycles. The number of pyridine rings is 1. The van der Waals surface area contributed by atoms with E-state index in [0.29, 0.717) is 5.52 Å². The van der Waals surface area contributed by atoms with E-state index in [-0.39, 0.29) is 11.4 Å². The van der Waals surface area contributed by atoms with Crippen LogP contribution in [-0.4, -0.2) is 18.4 Å². The fourth-order valence-electron chi connectivity index (χ4n) is 2.41. The summed E-state index contributed by atoms with van der Waals surface area (Å²) in [6.45, 7) is 5.88. The molecule has 3 rings (SSSR count). The lowest BCUT2D eigenvalue weighted by Crippen LogP contribution is -2.23. The van der Waals surface area contributed by atoms with Gasteiger partial charge in [0.1, 0.15) is 4.90 Å². The van der Waals surface area contributed by atoms with Gasteiger partial charge in [-0.2, -0.15) is 0 Å². The molecule has 0 saturated carbocycles. The molecule has 2 heterocycles. The number of hydrogen-bond acceptors (Lipinski definition) is 5. The van der Waals surface area contributed by atoms with Crippen molar-refractivity contribution in [1.29, 1.82) is 0 Å². The van der Waals surface area contributed by atoms with Crippen molar-refractivity contribution in [3.8, 4) is 0 Å². The van der Waals surface area contributed by atoms with E-state index in [1.807, 2.05) is 39.0 Å². The van der Waals surface area contributed by atoms with Gasteiger partial charge in [0.25, 0.3) is 0 Å². The fraction of sp³-hybridized carbons (Fsp3) is 0.250. The van der Waals surface area contributed by atoms with E-state index in [2.05, 4.69) is 14.7 Å². The lowest BCUT2D eigenvalue weighted by molar-refractivity contribution is 0.582. The van der Waals surface area contributed by atoms with Crippen LogP contribution in [0.15, 0.2) is 35.2 Å². The summed E-state index contributed by atoms with van der Waals surface area (Å²) in [6.07, 6.45) is 0. The molecule has 23 heavy (non-hydrogen) atoms. The summed E-state index contributed by atoms with van der Waals surface area (Å²) in [5, 5.41) is 1.74. The monoisotopic (exact) mass is 347 g/mol. The Morgan fingerprint density at radius 3 is 2.57 bits per heavy atom. The van der Waals surface area contributed by atoms with E-state index in [4.69, 9.17) is 0 Å². The summed E-state index contributed by atoms with van der Waals surface area (Å²) in [6, 6.07) is 8.93. The van der Waals surface area contributed by atoms with Gasteiger partial charge >= 0.3 is 0 Å². The van der Waals surface area contributed by atoms with Gasteiger partial charge in [-0.25, -0.2) is 18.1 Å². The molecule has 2 aromatic heterocycles. The Kier molecular flexibility index (Phi) is 4.18. The number of hydrogen-bond donors (Lipinski definition) is 1. The Labute approximate surface area is 139 Å². The van der Waals surface area contributed by atoms with Crippen LogP contribution in [0.2, 0.25) is 0 Å². The van der Waals surface area contributed by atoms with Crippen LogP contribution in [0.1, 0.15) is 21.3 Å². The molecule has 0 atom stereocenters. The van der Waals surface area contributed by atoms with Gasteiger partial charge in [-0.15, -0.1) is 11.3 Å². The molecule has 0 spiro atoms. The van der Waals surface area contributed by atoms with Crippen molar-refractivity contribution < 1.29 is 8.42 Å². The minimum absolute atomic E-state index is 0.206. The van der Waals surface area contributed by atoms with Gasteiger partial charge in [-0.1, -0.05) is 18.2 Å². The minimum atomic E-state index is -3.64. The first-order chi connectivity index (χ1) is 10.9. The van der Waals surface area contributed by atoms with Crippen molar-refractivity contribution in [1.82, 2.24) is 14.7 Å². The number of sulfonamides is 1. The predicted octanol–water partition coefficient (Wildman–Crippen LogP) is 3.10. The van der Waals surface area contributed by atoms with Crippen molar-refractivity contribution in [2.24, 2.45) is 0 Å². The Bertz CT molecular complexity index is 978. The quantitative estimate of drug-likeness (QED) is 0.787. The maximum Gasteiger partial charge on any atom is 0.243 e. The first-order valence-corrected chi connectivity index (χ1v) is 9.46. The summed E-state index contributed by atoms with van der Waals surface area (Å²) in [5.41, 5.74) is 2.15. The zero-order valence-electron chi connectivity index (χ0n) is 13.1. The molecule has 0 aliphatic carbocycles. The fourth-order valence-corrected chi connectivity index (χ4v) is 4.54. The smallest absolute Gasteiger partial charge is 0.243 e. The third kappa shape index (κ3) is 3.26. The lowest BCUT2D eigenvalue weighted by atomic mass is 10.2. The van der Waals surface area contributed by atoms with Crippen LogP contribution in [0, 0.1) is 20.8 Å². The number of rotatable bonds is 4. The highest BCUT2D eigenvalue weighted by Crippen LogP contribution is 2.23. The van der Waals surface area contributed by atoms with E-state index >= 15 is 0 Å². The zero-order valence-corrected chi connectivity index (χ0v) is 14.8. The maximum absolute atomic E-state index is 12.7. The van der Waals surface area contributed by atoms with Crippen LogP contribution in [-0.2, 0) is 16.6 Å². The molecule has 7 heteroatoms. The molecule has 3 aromatic rings. The molecule has 1 N–H and O–H groups in total. The van der Waals surface area contributed by atoms with E-state index < -0.39 is 10.0 Å². The van der Waals surface area contributed by atoms with E-state index in [1.165, 1.54) is 11.3 Å². The van der Waals surface area contributed by atoms with Crippen molar-refractivity contribution in [3.05, 3.63) is 51.6 Å². The number of thiazole rings is 1. The molecule has 5 nitrogen and oxygen atoms in total. The molecule has 1 aromatic carbocycles. The van der Waals surface area contributed by atoms with Crippen molar-refractivity contribution in [3.63, 3.8) is 0 Å². The molecular formula is C16H17N3O2S2. The van der Waals surface area contributed by atoms with Crippen LogP contribution >= 0.6 is 11.3 Å². The number of aryl methyl sites for hydroxylation is 3. The molecule has 0 amide bonds. The largest absolute Gasteiger partial charge is 0.252 e. The van der Waals surface area contributed by atoms with Crippen LogP contribution in [0.3, 0.4) is 0 Å². The number of aromatic nitrogens is 2. The molecule has 0 fully saturated rings. The van der Waals surface area contributed by atoms with Gasteiger partial charge in [-0.05, 0) is 32.9 Å². The van der Waals surface area contributed by atoms with Crippen LogP contribution in [0.25, 0.3) is 10.9 Å². The molecule has 0 saturated heterocycles. The van der Waals surface area contributed by atoms with Gasteiger partial charge in [0.15, 0.2) is 0 Å². The maximum atomic E-state index is 12.7. The van der Waals surface area contributed by atoms with Gasteiger partial charge in [0.05, 0.1) is 16.2 Å². The lowest BCUT2D eigenvalue weighted by Gasteiger charge is -2.09. The molecular weight excluding hydrogens is 330 g/mol. The van der Waals surface area contributed by atoms with Gasteiger partial charge in [0.2, 0.25) is 10.0 Å². The molecule has 0 radical (unpaired) electrons. The highest BCUT2D eigenvalue weighted by Gasteiger charge is 2.19. The van der Waals surface area contributed by atoms with E-state index in [9.17, 15) is 8.42 Å². The van der Waals surface area contributed by atoms with Crippen molar-refractivity contribution in [2.45, 2.75) is 32.2 Å². The predicted molar refractivity (Wildman–Crippen MR) is 92.1 cm³/mol. The Hall–Kier alpha value is -1.83. The SMILES string of the molecule is Cc1ccc2cccc(S(=O)(=O)NCc3sc(C)nc3C)c2n1. The Morgan fingerprint density at radius 2 is 1.87 bits per heavy atom. The summed E-state index contributed by atoms with van der Waals surface area (Å²) in [5.74, 6) is 0. The first-order valence-electron chi connectivity index (χ1n) is 7.16. The van der Waals surface area contributed by atoms with Gasteiger partial charge in [-0.3, -0.25) is 4.98 Å². The Balaban J connectivity index is 1.96. The highest BCUT2D eigenvalue weighted by atomic mass is 32.2. The van der Waals surface area contributed by atoms with Gasteiger partial charge in [0, 0.05) is 22.5 Å². The third-order valence-corrected chi connectivity index (χ3v) is 6.04. The summed E-state index contributed by atoms with van der Waals surface area (Å²) in [4.78, 5) is 9.84. The normalized spacial score (nSPS) is 12.0. The molecule has 0 unspecified atom stereocenters. The number of fused-ring (bicyclic) bond motifs is 1. The number of nitrogens with zero attached hydrogens (tertiary/aromatic N) is 2. The average Bonchev–Trinajstić information content (AvgIpc) is 2.82.